The normalized spacial score (nSPS) is 22.4. The Labute approximate surface area is 200 Å². The average Bonchev–Trinajstić information content (AvgIpc) is 3.11. The van der Waals surface area contributed by atoms with Gasteiger partial charge in [-0.1, -0.05) is 13.8 Å². The summed E-state index contributed by atoms with van der Waals surface area (Å²) in [5.41, 5.74) is 2.42. The molecule has 0 aliphatic carbocycles. The maximum Gasteiger partial charge on any atom is 0.306 e. The SMILES string of the molecule is COc1ccc2c3c([nH]c2c1)[C@H](CC(C)C)N1C(=O)[C@H](CCC(=O)OC(C)(C)C)NC(=O)C1C3. The van der Waals surface area contributed by atoms with Gasteiger partial charge in [0, 0.05) is 35.5 Å². The first-order valence-corrected chi connectivity index (χ1v) is 12.0. The van der Waals surface area contributed by atoms with Gasteiger partial charge in [-0.25, -0.2) is 0 Å². The smallest absolute Gasteiger partial charge is 0.306 e. The lowest BCUT2D eigenvalue weighted by Crippen LogP contribution is -2.66. The second-order valence-corrected chi connectivity index (χ2v) is 10.7. The van der Waals surface area contributed by atoms with Gasteiger partial charge in [0.05, 0.1) is 13.2 Å². The van der Waals surface area contributed by atoms with Gasteiger partial charge in [0.15, 0.2) is 0 Å². The first-order valence-electron chi connectivity index (χ1n) is 12.0. The quantitative estimate of drug-likeness (QED) is 0.629. The summed E-state index contributed by atoms with van der Waals surface area (Å²) in [6.07, 6.45) is 1.46. The number of carbonyl (C=O) groups excluding carboxylic acids is 3. The predicted molar refractivity (Wildman–Crippen MR) is 128 cm³/mol. The number of benzene rings is 1. The largest absolute Gasteiger partial charge is 0.497 e. The summed E-state index contributed by atoms with van der Waals surface area (Å²) < 4.78 is 10.8. The highest BCUT2D eigenvalue weighted by molar-refractivity contribution is 5.99. The number of fused-ring (bicyclic) bond motifs is 4. The number of ether oxygens (including phenoxy) is 2. The summed E-state index contributed by atoms with van der Waals surface area (Å²) in [6, 6.07) is 4.33. The first kappa shape index (κ1) is 24.1. The highest BCUT2D eigenvalue weighted by Gasteiger charge is 2.48. The lowest BCUT2D eigenvalue weighted by molar-refractivity contribution is -0.157. The Kier molecular flexibility index (Phi) is 6.36. The number of nitrogens with one attached hydrogen (secondary N) is 2. The summed E-state index contributed by atoms with van der Waals surface area (Å²) in [6.45, 7) is 9.65. The van der Waals surface area contributed by atoms with E-state index in [2.05, 4.69) is 24.1 Å². The number of hydrogen-bond donors (Lipinski definition) is 2. The van der Waals surface area contributed by atoms with Crippen molar-refractivity contribution in [2.24, 2.45) is 5.92 Å². The van der Waals surface area contributed by atoms with Crippen molar-refractivity contribution in [1.29, 1.82) is 0 Å². The number of hydrogen-bond acceptors (Lipinski definition) is 5. The molecule has 184 valence electrons. The molecule has 1 aromatic heterocycles. The predicted octanol–water partition coefficient (Wildman–Crippen LogP) is 3.64. The molecule has 3 atom stereocenters. The van der Waals surface area contributed by atoms with Crippen molar-refractivity contribution in [2.75, 3.05) is 7.11 Å². The lowest BCUT2D eigenvalue weighted by atomic mass is 9.85. The van der Waals surface area contributed by atoms with Crippen molar-refractivity contribution in [3.8, 4) is 5.75 Å². The lowest BCUT2D eigenvalue weighted by Gasteiger charge is -2.46. The molecule has 0 spiro atoms. The van der Waals surface area contributed by atoms with Crippen LogP contribution >= 0.6 is 0 Å². The number of piperazine rings is 1. The maximum atomic E-state index is 13.6. The monoisotopic (exact) mass is 469 g/mol. The van der Waals surface area contributed by atoms with Gasteiger partial charge >= 0.3 is 5.97 Å². The maximum absolute atomic E-state index is 13.6. The van der Waals surface area contributed by atoms with Crippen molar-refractivity contribution in [2.45, 2.75) is 84.0 Å². The van der Waals surface area contributed by atoms with Gasteiger partial charge < -0.3 is 24.7 Å². The Morgan fingerprint density at radius 2 is 1.97 bits per heavy atom. The molecule has 1 saturated heterocycles. The molecule has 2 aromatic rings. The van der Waals surface area contributed by atoms with Crippen LogP contribution in [-0.4, -0.2) is 52.5 Å². The van der Waals surface area contributed by atoms with Crippen LogP contribution in [0.5, 0.6) is 5.75 Å². The van der Waals surface area contributed by atoms with Crippen molar-refractivity contribution >= 4 is 28.7 Å². The van der Waals surface area contributed by atoms with E-state index in [0.717, 1.165) is 34.3 Å². The Hall–Kier alpha value is -3.03. The highest BCUT2D eigenvalue weighted by atomic mass is 16.6. The number of esters is 1. The van der Waals surface area contributed by atoms with E-state index in [0.29, 0.717) is 12.3 Å². The van der Waals surface area contributed by atoms with E-state index in [9.17, 15) is 14.4 Å². The first-order chi connectivity index (χ1) is 16.0. The Morgan fingerprint density at radius 3 is 2.62 bits per heavy atom. The van der Waals surface area contributed by atoms with Crippen LogP contribution in [0.3, 0.4) is 0 Å². The molecule has 1 fully saturated rings. The molecular formula is C26H35N3O5. The standard InChI is InChI=1S/C26H35N3O5/c1-14(2)11-20-23-17(16-8-7-15(33-6)12-19(16)27-23)13-21-24(31)28-18(25(32)29(20)21)9-10-22(30)34-26(3,4)5/h7-8,12,14,18,20-21,27H,9-11,13H2,1-6H3,(H,28,31)/t18-,20-,21?/m0/s1. The van der Waals surface area contributed by atoms with E-state index in [-0.39, 0.29) is 36.7 Å². The molecule has 8 nitrogen and oxygen atoms in total. The van der Waals surface area contributed by atoms with Crippen molar-refractivity contribution in [1.82, 2.24) is 15.2 Å². The summed E-state index contributed by atoms with van der Waals surface area (Å²) in [7, 11) is 1.63. The van der Waals surface area contributed by atoms with Crippen LogP contribution in [-0.2, 0) is 25.5 Å². The third-order valence-electron chi connectivity index (χ3n) is 6.47. The van der Waals surface area contributed by atoms with E-state index in [4.69, 9.17) is 9.47 Å². The fourth-order valence-electron chi connectivity index (χ4n) is 5.10. The average molecular weight is 470 g/mol. The zero-order chi connectivity index (χ0) is 24.8. The Bertz CT molecular complexity index is 1110. The zero-order valence-corrected chi connectivity index (χ0v) is 20.9. The highest BCUT2D eigenvalue weighted by Crippen LogP contribution is 2.42. The third kappa shape index (κ3) is 4.63. The minimum Gasteiger partial charge on any atom is -0.497 e. The molecular weight excluding hydrogens is 434 g/mol. The molecule has 2 amide bonds. The van der Waals surface area contributed by atoms with Crippen LogP contribution in [0.2, 0.25) is 0 Å². The molecule has 0 radical (unpaired) electrons. The Balaban J connectivity index is 1.65. The summed E-state index contributed by atoms with van der Waals surface area (Å²) in [5.74, 6) is 0.383. The van der Waals surface area contributed by atoms with Crippen molar-refractivity contribution in [3.63, 3.8) is 0 Å². The van der Waals surface area contributed by atoms with E-state index in [1.165, 1.54) is 0 Å². The molecule has 8 heteroatoms. The molecule has 2 aliphatic rings. The van der Waals surface area contributed by atoms with Crippen LogP contribution in [0.25, 0.3) is 10.9 Å². The molecule has 0 saturated carbocycles. The van der Waals surface area contributed by atoms with E-state index < -0.39 is 17.7 Å². The van der Waals surface area contributed by atoms with E-state index >= 15 is 0 Å². The van der Waals surface area contributed by atoms with Crippen LogP contribution < -0.4 is 10.1 Å². The summed E-state index contributed by atoms with van der Waals surface area (Å²) in [4.78, 5) is 44.4. The van der Waals surface area contributed by atoms with Gasteiger partial charge in [-0.2, -0.15) is 0 Å². The van der Waals surface area contributed by atoms with Gasteiger partial charge in [-0.15, -0.1) is 0 Å². The minimum atomic E-state index is -0.739. The number of aromatic amines is 1. The molecule has 1 unspecified atom stereocenters. The number of carbonyl (C=O) groups is 3. The number of rotatable bonds is 6. The number of nitrogens with zero attached hydrogens (tertiary/aromatic N) is 1. The molecule has 3 heterocycles. The van der Waals surface area contributed by atoms with Gasteiger partial charge in [-0.3, -0.25) is 14.4 Å². The molecule has 0 bridgehead atoms. The Morgan fingerprint density at radius 1 is 1.24 bits per heavy atom. The number of amides is 2. The fraction of sp³-hybridized carbons (Fsp3) is 0.577. The fourth-order valence-corrected chi connectivity index (χ4v) is 5.10. The van der Waals surface area contributed by atoms with Gasteiger partial charge in [-0.05, 0) is 57.2 Å². The van der Waals surface area contributed by atoms with Crippen LogP contribution in [0.15, 0.2) is 18.2 Å². The van der Waals surface area contributed by atoms with Crippen LogP contribution in [0, 0.1) is 5.92 Å². The van der Waals surface area contributed by atoms with Crippen molar-refractivity contribution in [3.05, 3.63) is 29.5 Å². The third-order valence-corrected chi connectivity index (χ3v) is 6.47. The van der Waals surface area contributed by atoms with E-state index in [1.54, 1.807) is 32.8 Å². The molecule has 34 heavy (non-hydrogen) atoms. The molecule has 2 aliphatic heterocycles. The summed E-state index contributed by atoms with van der Waals surface area (Å²) >= 11 is 0. The van der Waals surface area contributed by atoms with Crippen LogP contribution in [0.4, 0.5) is 0 Å². The summed E-state index contributed by atoms with van der Waals surface area (Å²) in [5, 5.41) is 3.93. The second-order valence-electron chi connectivity index (χ2n) is 10.7. The molecule has 4 rings (SSSR count). The zero-order valence-electron chi connectivity index (χ0n) is 20.9. The van der Waals surface area contributed by atoms with Gasteiger partial charge in [0.25, 0.3) is 0 Å². The minimum absolute atomic E-state index is 0.0682. The number of H-pyrrole nitrogens is 1. The van der Waals surface area contributed by atoms with Gasteiger partial charge in [0.2, 0.25) is 11.8 Å². The van der Waals surface area contributed by atoms with Crippen molar-refractivity contribution < 1.29 is 23.9 Å². The molecule has 1 aromatic carbocycles. The van der Waals surface area contributed by atoms with E-state index in [1.807, 2.05) is 18.2 Å². The van der Waals surface area contributed by atoms with Crippen LogP contribution in [0.1, 0.15) is 71.2 Å². The number of aromatic nitrogens is 1. The number of methoxy groups -OCH3 is 1. The topological polar surface area (TPSA) is 101 Å². The van der Waals surface area contributed by atoms with Gasteiger partial charge in [0.1, 0.15) is 23.4 Å². The second kappa shape index (κ2) is 8.96. The molecule has 2 N–H and O–H groups in total.